The quantitative estimate of drug-likeness (QED) is 0.609. The van der Waals surface area contributed by atoms with Gasteiger partial charge in [0.25, 0.3) is 11.6 Å². The van der Waals surface area contributed by atoms with Gasteiger partial charge < -0.3 is 10.6 Å². The van der Waals surface area contributed by atoms with Crippen molar-refractivity contribution < 1.29 is 9.72 Å². The van der Waals surface area contributed by atoms with Crippen LogP contribution in [0.4, 0.5) is 5.69 Å². The Morgan fingerprint density at radius 1 is 1.50 bits per heavy atom. The van der Waals surface area contributed by atoms with Gasteiger partial charge in [0.05, 0.1) is 4.92 Å². The minimum atomic E-state index is -0.506. The van der Waals surface area contributed by atoms with Gasteiger partial charge in [-0.15, -0.1) is 12.4 Å². The van der Waals surface area contributed by atoms with Crippen LogP contribution in [0.3, 0.4) is 0 Å². The van der Waals surface area contributed by atoms with Crippen molar-refractivity contribution in [1.29, 1.82) is 0 Å². The molecule has 0 aliphatic carbocycles. The van der Waals surface area contributed by atoms with E-state index in [2.05, 4.69) is 33.5 Å². The SMILES string of the molecule is CC1(CNC(=O)c2cc(Br)cc([N+](=O)[O-])c2)CCCNC1.Cl. The summed E-state index contributed by atoms with van der Waals surface area (Å²) in [6.07, 6.45) is 2.15. The lowest BCUT2D eigenvalue weighted by Gasteiger charge is -2.34. The molecule has 1 aromatic carbocycles. The molecule has 1 aliphatic heterocycles. The van der Waals surface area contributed by atoms with Gasteiger partial charge in [-0.05, 0) is 30.9 Å². The summed E-state index contributed by atoms with van der Waals surface area (Å²) in [6.45, 7) is 4.56. The number of rotatable bonds is 4. The first-order valence-corrected chi connectivity index (χ1v) is 7.63. The van der Waals surface area contributed by atoms with Gasteiger partial charge in [-0.3, -0.25) is 14.9 Å². The molecule has 0 radical (unpaired) electrons. The maximum Gasteiger partial charge on any atom is 0.271 e. The van der Waals surface area contributed by atoms with Crippen molar-refractivity contribution in [2.75, 3.05) is 19.6 Å². The molecular weight excluding hydrogens is 374 g/mol. The molecule has 2 N–H and O–H groups in total. The maximum absolute atomic E-state index is 12.2. The molecular formula is C14H19BrClN3O3. The number of carbonyl (C=O) groups is 1. The highest BCUT2D eigenvalue weighted by Crippen LogP contribution is 2.25. The summed E-state index contributed by atoms with van der Waals surface area (Å²) in [7, 11) is 0. The summed E-state index contributed by atoms with van der Waals surface area (Å²) in [4.78, 5) is 22.5. The Balaban J connectivity index is 0.00000242. The Kier molecular flexibility index (Phi) is 6.77. The summed E-state index contributed by atoms with van der Waals surface area (Å²) in [5.74, 6) is -0.286. The normalized spacial score (nSPS) is 20.8. The van der Waals surface area contributed by atoms with Crippen LogP contribution >= 0.6 is 28.3 Å². The number of halogens is 2. The van der Waals surface area contributed by atoms with Gasteiger partial charge in [0.2, 0.25) is 0 Å². The van der Waals surface area contributed by atoms with E-state index in [1.54, 1.807) is 6.07 Å². The highest BCUT2D eigenvalue weighted by Gasteiger charge is 2.27. The van der Waals surface area contributed by atoms with Crippen LogP contribution in [0.25, 0.3) is 0 Å². The second-order valence-electron chi connectivity index (χ2n) is 5.73. The molecule has 0 bridgehead atoms. The van der Waals surface area contributed by atoms with E-state index >= 15 is 0 Å². The van der Waals surface area contributed by atoms with Crippen LogP contribution in [0.5, 0.6) is 0 Å². The predicted molar refractivity (Wildman–Crippen MR) is 90.6 cm³/mol. The summed E-state index contributed by atoms with van der Waals surface area (Å²) in [5.41, 5.74) is 0.231. The molecule has 1 heterocycles. The minimum Gasteiger partial charge on any atom is -0.351 e. The molecule has 6 nitrogen and oxygen atoms in total. The monoisotopic (exact) mass is 391 g/mol. The Morgan fingerprint density at radius 3 is 2.82 bits per heavy atom. The molecule has 22 heavy (non-hydrogen) atoms. The van der Waals surface area contributed by atoms with Crippen LogP contribution < -0.4 is 10.6 Å². The smallest absolute Gasteiger partial charge is 0.271 e. The summed E-state index contributed by atoms with van der Waals surface area (Å²) in [5, 5.41) is 17.0. The number of amides is 1. The predicted octanol–water partition coefficient (Wildman–Crippen LogP) is 2.90. The first-order chi connectivity index (χ1) is 9.89. The zero-order valence-electron chi connectivity index (χ0n) is 12.2. The molecule has 1 amide bonds. The average Bonchev–Trinajstić information content (AvgIpc) is 2.45. The van der Waals surface area contributed by atoms with Crippen LogP contribution in [-0.2, 0) is 0 Å². The zero-order valence-corrected chi connectivity index (χ0v) is 14.6. The fourth-order valence-electron chi connectivity index (χ4n) is 2.48. The van der Waals surface area contributed by atoms with Crippen molar-refractivity contribution in [3.63, 3.8) is 0 Å². The highest BCUT2D eigenvalue weighted by molar-refractivity contribution is 9.10. The van der Waals surface area contributed by atoms with E-state index in [4.69, 9.17) is 0 Å². The standard InChI is InChI=1S/C14H18BrN3O3.ClH/c1-14(3-2-4-16-8-14)9-17-13(19)10-5-11(15)7-12(6-10)18(20)21;/h5-7,16H,2-4,8-9H2,1H3,(H,17,19);1H. The Hall–Kier alpha value is -1.18. The van der Waals surface area contributed by atoms with E-state index in [0.717, 1.165) is 25.9 Å². The molecule has 2 rings (SSSR count). The highest BCUT2D eigenvalue weighted by atomic mass is 79.9. The molecule has 1 fully saturated rings. The second kappa shape index (κ2) is 7.89. The molecule has 1 atom stereocenters. The number of hydrogen-bond acceptors (Lipinski definition) is 4. The molecule has 1 aliphatic rings. The number of piperidine rings is 1. The molecule has 1 aromatic rings. The van der Waals surface area contributed by atoms with Gasteiger partial charge >= 0.3 is 0 Å². The molecule has 0 spiro atoms. The van der Waals surface area contributed by atoms with Crippen molar-refractivity contribution in [2.45, 2.75) is 19.8 Å². The molecule has 1 saturated heterocycles. The van der Waals surface area contributed by atoms with Gasteiger partial charge in [0.1, 0.15) is 0 Å². The number of hydrogen-bond donors (Lipinski definition) is 2. The van der Waals surface area contributed by atoms with Crippen LogP contribution in [0, 0.1) is 15.5 Å². The third-order valence-electron chi connectivity index (χ3n) is 3.72. The summed E-state index contributed by atoms with van der Waals surface area (Å²) in [6, 6.07) is 4.26. The molecule has 1 unspecified atom stereocenters. The van der Waals surface area contributed by atoms with Crippen LogP contribution in [0.15, 0.2) is 22.7 Å². The fourth-order valence-corrected chi connectivity index (χ4v) is 2.96. The second-order valence-corrected chi connectivity index (χ2v) is 6.64. The fraction of sp³-hybridized carbons (Fsp3) is 0.500. The first-order valence-electron chi connectivity index (χ1n) is 6.84. The van der Waals surface area contributed by atoms with E-state index in [-0.39, 0.29) is 29.4 Å². The summed E-state index contributed by atoms with van der Waals surface area (Å²) >= 11 is 3.19. The van der Waals surface area contributed by atoms with E-state index in [1.165, 1.54) is 12.1 Å². The van der Waals surface area contributed by atoms with Crippen molar-refractivity contribution in [3.8, 4) is 0 Å². The lowest BCUT2D eigenvalue weighted by molar-refractivity contribution is -0.385. The minimum absolute atomic E-state index is 0. The Morgan fingerprint density at radius 2 is 2.23 bits per heavy atom. The van der Waals surface area contributed by atoms with Gasteiger partial charge in [-0.2, -0.15) is 0 Å². The van der Waals surface area contributed by atoms with Gasteiger partial charge in [0.15, 0.2) is 0 Å². The first kappa shape index (κ1) is 18.9. The van der Waals surface area contributed by atoms with E-state index in [9.17, 15) is 14.9 Å². The zero-order chi connectivity index (χ0) is 15.5. The van der Waals surface area contributed by atoms with Crippen LogP contribution in [0.1, 0.15) is 30.1 Å². The topological polar surface area (TPSA) is 84.3 Å². The van der Waals surface area contributed by atoms with Gasteiger partial charge in [-0.25, -0.2) is 0 Å². The molecule has 0 aromatic heterocycles. The van der Waals surface area contributed by atoms with Crippen molar-refractivity contribution in [1.82, 2.24) is 10.6 Å². The third kappa shape index (κ3) is 4.93. The largest absolute Gasteiger partial charge is 0.351 e. The van der Waals surface area contributed by atoms with E-state index in [1.807, 2.05) is 0 Å². The maximum atomic E-state index is 12.2. The van der Waals surface area contributed by atoms with Crippen molar-refractivity contribution >= 4 is 39.9 Å². The number of nitro groups is 1. The van der Waals surface area contributed by atoms with Crippen molar-refractivity contribution in [3.05, 3.63) is 38.3 Å². The van der Waals surface area contributed by atoms with Crippen LogP contribution in [0.2, 0.25) is 0 Å². The number of non-ortho nitro benzene ring substituents is 1. The van der Waals surface area contributed by atoms with E-state index < -0.39 is 4.92 Å². The van der Waals surface area contributed by atoms with E-state index in [0.29, 0.717) is 16.6 Å². The molecule has 8 heteroatoms. The van der Waals surface area contributed by atoms with Crippen LogP contribution in [-0.4, -0.2) is 30.5 Å². The number of nitro benzene ring substituents is 1. The van der Waals surface area contributed by atoms with Gasteiger partial charge in [-0.1, -0.05) is 22.9 Å². The number of nitrogens with one attached hydrogen (secondary N) is 2. The average molecular weight is 393 g/mol. The third-order valence-corrected chi connectivity index (χ3v) is 4.17. The van der Waals surface area contributed by atoms with Gasteiger partial charge in [0, 0.05) is 35.3 Å². The summed E-state index contributed by atoms with van der Waals surface area (Å²) < 4.78 is 0.521. The lowest BCUT2D eigenvalue weighted by atomic mass is 9.83. The number of nitrogens with zero attached hydrogens (tertiary/aromatic N) is 1. The Labute approximate surface area is 143 Å². The molecule has 0 saturated carbocycles. The number of benzene rings is 1. The lowest BCUT2D eigenvalue weighted by Crippen LogP contribution is -2.45. The Bertz CT molecular complexity index is 562. The van der Waals surface area contributed by atoms with Crippen molar-refractivity contribution in [2.24, 2.45) is 5.41 Å². The number of carbonyl (C=O) groups excluding carboxylic acids is 1. The molecule has 122 valence electrons.